The third-order valence-corrected chi connectivity index (χ3v) is 9.40. The molecule has 0 unspecified atom stereocenters. The highest BCUT2D eigenvalue weighted by Crippen LogP contribution is 2.43. The molecule has 50 heavy (non-hydrogen) atoms. The third kappa shape index (κ3) is 8.26. The number of rotatable bonds is 13. The predicted molar refractivity (Wildman–Crippen MR) is 217 cm³/mol. The Labute approximate surface area is 299 Å². The van der Waals surface area contributed by atoms with Crippen LogP contribution in [0.3, 0.4) is 0 Å². The van der Waals surface area contributed by atoms with E-state index in [1.54, 1.807) is 0 Å². The minimum Gasteiger partial charge on any atom is -0.251 e. The maximum Gasteiger partial charge on any atom is 0.0790 e. The molecule has 0 bridgehead atoms. The van der Waals surface area contributed by atoms with Crippen LogP contribution >= 0.6 is 0 Å². The van der Waals surface area contributed by atoms with E-state index < -0.39 is 0 Å². The molecule has 0 aliphatic carbocycles. The molecule has 0 amide bonds. The highest BCUT2D eigenvalue weighted by molar-refractivity contribution is 6.42. The fraction of sp³-hybridized carbons (Fsp3) is 0.208. The molecule has 0 fully saturated rings. The van der Waals surface area contributed by atoms with Crippen molar-refractivity contribution in [3.05, 3.63) is 157 Å². The Morgan fingerprint density at radius 2 is 0.660 bits per heavy atom. The molecule has 0 saturated carbocycles. The molecule has 0 aromatic heterocycles. The monoisotopic (exact) mass is 652 g/mol. The first kappa shape index (κ1) is 34.5. The summed E-state index contributed by atoms with van der Waals surface area (Å²) in [6.45, 7) is 8.72. The Kier molecular flexibility index (Phi) is 11.6. The number of aryl methyl sites for hydroxylation is 2. The highest BCUT2D eigenvalue weighted by Gasteiger charge is 2.18. The molecule has 0 aliphatic rings. The van der Waals surface area contributed by atoms with Crippen molar-refractivity contribution in [3.63, 3.8) is 0 Å². The summed E-state index contributed by atoms with van der Waals surface area (Å²) in [7, 11) is 0. The summed E-state index contributed by atoms with van der Waals surface area (Å²) in [4.78, 5) is 11.0. The van der Waals surface area contributed by atoms with Gasteiger partial charge in [-0.05, 0) is 97.2 Å². The van der Waals surface area contributed by atoms with Gasteiger partial charge >= 0.3 is 0 Å². The molecule has 0 atom stereocenters. The normalized spacial score (nSPS) is 11.9. The van der Waals surface area contributed by atoms with Crippen molar-refractivity contribution in [1.82, 2.24) is 0 Å². The van der Waals surface area contributed by atoms with E-state index in [0.717, 1.165) is 83.6 Å². The van der Waals surface area contributed by atoms with Crippen molar-refractivity contribution in [2.75, 3.05) is 0 Å². The van der Waals surface area contributed by atoms with Crippen LogP contribution in [0.5, 0.6) is 0 Å². The van der Waals surface area contributed by atoms with Gasteiger partial charge in [0.1, 0.15) is 0 Å². The highest BCUT2D eigenvalue weighted by atomic mass is 14.8. The van der Waals surface area contributed by atoms with Crippen LogP contribution < -0.4 is 0 Å². The van der Waals surface area contributed by atoms with Gasteiger partial charge in [-0.2, -0.15) is 0 Å². The van der Waals surface area contributed by atoms with E-state index in [2.05, 4.69) is 173 Å². The lowest BCUT2D eigenvalue weighted by molar-refractivity contribution is 0.795. The molecule has 2 heteroatoms. The quantitative estimate of drug-likeness (QED) is 0.111. The van der Waals surface area contributed by atoms with Crippen molar-refractivity contribution in [3.8, 4) is 44.5 Å². The first-order valence-corrected chi connectivity index (χ1v) is 18.2. The molecule has 6 aromatic rings. The van der Waals surface area contributed by atoms with E-state index in [1.807, 2.05) is 0 Å². The summed E-state index contributed by atoms with van der Waals surface area (Å²) >= 11 is 0. The Hall–Kier alpha value is -5.34. The standard InChI is InChI=1S/C48H48N2/c1-5-7-21-37-31-43(39-23-13-9-14-24-39)47(44(32-37)40-25-15-10-16-26-40)49-35(3)36(4)50-48-45(41-27-17-11-18-28-41)33-38(22-8-6-2)34-46(48)42-29-19-12-20-30-42/h9-20,23-34H,5-8,21-22H2,1-4H3. The zero-order chi connectivity index (χ0) is 34.7. The Balaban J connectivity index is 1.56. The van der Waals surface area contributed by atoms with Crippen LogP contribution in [0.1, 0.15) is 64.5 Å². The Morgan fingerprint density at radius 1 is 0.400 bits per heavy atom. The Bertz CT molecular complexity index is 1780. The van der Waals surface area contributed by atoms with Crippen LogP contribution in [0.25, 0.3) is 44.5 Å². The summed E-state index contributed by atoms with van der Waals surface area (Å²) < 4.78 is 0. The molecule has 0 saturated heterocycles. The van der Waals surface area contributed by atoms with Crippen molar-refractivity contribution in [2.24, 2.45) is 9.98 Å². The number of hydrogen-bond donors (Lipinski definition) is 0. The molecule has 0 aliphatic heterocycles. The van der Waals surface area contributed by atoms with Crippen LogP contribution in [-0.2, 0) is 12.8 Å². The van der Waals surface area contributed by atoms with E-state index in [0.29, 0.717) is 0 Å². The smallest absolute Gasteiger partial charge is 0.0790 e. The van der Waals surface area contributed by atoms with Gasteiger partial charge in [-0.3, -0.25) is 9.98 Å². The summed E-state index contributed by atoms with van der Waals surface area (Å²) in [5.41, 5.74) is 15.7. The number of aliphatic imine (C=N–C) groups is 2. The lowest BCUT2D eigenvalue weighted by atomic mass is 9.91. The third-order valence-electron chi connectivity index (χ3n) is 9.40. The average Bonchev–Trinajstić information content (AvgIpc) is 3.18. The number of hydrogen-bond acceptors (Lipinski definition) is 2. The van der Waals surface area contributed by atoms with Crippen LogP contribution in [-0.4, -0.2) is 11.4 Å². The fourth-order valence-electron chi connectivity index (χ4n) is 6.53. The topological polar surface area (TPSA) is 24.7 Å². The van der Waals surface area contributed by atoms with E-state index in [4.69, 9.17) is 9.98 Å². The van der Waals surface area contributed by atoms with Gasteiger partial charge < -0.3 is 0 Å². The lowest BCUT2D eigenvalue weighted by Crippen LogP contribution is -2.06. The van der Waals surface area contributed by atoms with Crippen molar-refractivity contribution in [2.45, 2.75) is 66.2 Å². The van der Waals surface area contributed by atoms with Crippen LogP contribution in [0.4, 0.5) is 11.4 Å². The molecule has 0 N–H and O–H groups in total. The summed E-state index contributed by atoms with van der Waals surface area (Å²) in [5.74, 6) is 0. The summed E-state index contributed by atoms with van der Waals surface area (Å²) in [6, 6.07) is 52.2. The van der Waals surface area contributed by atoms with Crippen molar-refractivity contribution < 1.29 is 0 Å². The number of unbranched alkanes of at least 4 members (excludes halogenated alkanes) is 2. The van der Waals surface area contributed by atoms with Gasteiger partial charge in [0.15, 0.2) is 0 Å². The van der Waals surface area contributed by atoms with Gasteiger partial charge in [0, 0.05) is 22.3 Å². The average molecular weight is 653 g/mol. The maximum atomic E-state index is 5.48. The first-order valence-electron chi connectivity index (χ1n) is 18.2. The van der Waals surface area contributed by atoms with Gasteiger partial charge in [0.25, 0.3) is 0 Å². The van der Waals surface area contributed by atoms with Gasteiger partial charge in [0.2, 0.25) is 0 Å². The minimum absolute atomic E-state index is 0.897. The van der Waals surface area contributed by atoms with E-state index in [9.17, 15) is 0 Å². The Morgan fingerprint density at radius 3 is 0.900 bits per heavy atom. The molecule has 0 spiro atoms. The second-order valence-electron chi connectivity index (χ2n) is 13.1. The second-order valence-corrected chi connectivity index (χ2v) is 13.1. The molecule has 6 rings (SSSR count). The summed E-state index contributed by atoms with van der Waals surface area (Å²) in [5, 5.41) is 0. The zero-order valence-corrected chi connectivity index (χ0v) is 30.0. The van der Waals surface area contributed by atoms with E-state index in [1.165, 1.54) is 33.4 Å². The predicted octanol–water partition coefficient (Wildman–Crippen LogP) is 13.9. The van der Waals surface area contributed by atoms with Crippen LogP contribution in [0.15, 0.2) is 156 Å². The maximum absolute atomic E-state index is 5.48. The molecule has 6 aromatic carbocycles. The molecular weight excluding hydrogens is 605 g/mol. The molecular formula is C48H48N2. The number of benzene rings is 6. The summed E-state index contributed by atoms with van der Waals surface area (Å²) in [6.07, 6.45) is 6.70. The van der Waals surface area contributed by atoms with Gasteiger partial charge in [-0.1, -0.05) is 148 Å². The number of nitrogens with zero attached hydrogens (tertiary/aromatic N) is 2. The lowest BCUT2D eigenvalue weighted by Gasteiger charge is -2.18. The fourth-order valence-corrected chi connectivity index (χ4v) is 6.53. The zero-order valence-electron chi connectivity index (χ0n) is 30.0. The van der Waals surface area contributed by atoms with Crippen molar-refractivity contribution >= 4 is 22.8 Å². The van der Waals surface area contributed by atoms with Gasteiger partial charge in [-0.15, -0.1) is 0 Å². The SMILES string of the molecule is CCCCc1cc(-c2ccccc2)c(N=C(C)C(C)=Nc2c(-c3ccccc3)cc(CCCC)cc2-c2ccccc2)c(-c2ccccc2)c1. The second kappa shape index (κ2) is 16.9. The molecule has 250 valence electrons. The molecule has 0 radical (unpaired) electrons. The van der Waals surface area contributed by atoms with Gasteiger partial charge in [0.05, 0.1) is 22.8 Å². The minimum atomic E-state index is 0.897. The first-order chi connectivity index (χ1) is 24.6. The van der Waals surface area contributed by atoms with Gasteiger partial charge in [-0.25, -0.2) is 0 Å². The molecule has 0 heterocycles. The van der Waals surface area contributed by atoms with E-state index >= 15 is 0 Å². The molecule has 2 nitrogen and oxygen atoms in total. The largest absolute Gasteiger partial charge is 0.251 e. The van der Waals surface area contributed by atoms with Crippen molar-refractivity contribution in [1.29, 1.82) is 0 Å². The van der Waals surface area contributed by atoms with Crippen LogP contribution in [0, 0.1) is 0 Å². The van der Waals surface area contributed by atoms with Crippen LogP contribution in [0.2, 0.25) is 0 Å². The van der Waals surface area contributed by atoms with E-state index in [-0.39, 0.29) is 0 Å².